The molecule has 2 atom stereocenters. The molecule has 0 spiro atoms. The molecule has 3 aromatic rings. The van der Waals surface area contributed by atoms with Gasteiger partial charge in [0, 0.05) is 19.1 Å². The van der Waals surface area contributed by atoms with Crippen LogP contribution in [0, 0.1) is 12.7 Å². The second kappa shape index (κ2) is 8.38. The lowest BCUT2D eigenvalue weighted by Crippen LogP contribution is -2.64. The highest BCUT2D eigenvalue weighted by Crippen LogP contribution is 2.34. The largest absolute Gasteiger partial charge is 0.444 e. The summed E-state index contributed by atoms with van der Waals surface area (Å²) in [6, 6.07) is 9.27. The van der Waals surface area contributed by atoms with Crippen molar-refractivity contribution in [2.24, 2.45) is 0 Å². The van der Waals surface area contributed by atoms with Crippen molar-refractivity contribution in [2.45, 2.75) is 58.2 Å². The first-order chi connectivity index (χ1) is 16.2. The molecule has 1 aromatic carbocycles. The Labute approximate surface area is 198 Å². The number of nitrogens with one attached hydrogen (secondary N) is 1. The van der Waals surface area contributed by atoms with Crippen LogP contribution in [0.15, 0.2) is 36.7 Å². The van der Waals surface area contributed by atoms with Gasteiger partial charge in [-0.3, -0.25) is 0 Å². The van der Waals surface area contributed by atoms with Crippen molar-refractivity contribution in [2.75, 3.05) is 23.3 Å². The minimum atomic E-state index is -0.520. The minimum absolute atomic E-state index is 0.0726. The molecule has 1 N–H and O–H groups in total. The topological polar surface area (TPSA) is 83.5 Å². The van der Waals surface area contributed by atoms with Gasteiger partial charge < -0.3 is 19.9 Å². The van der Waals surface area contributed by atoms with Gasteiger partial charge in [-0.1, -0.05) is 12.1 Å². The van der Waals surface area contributed by atoms with Crippen LogP contribution in [-0.2, 0) is 4.74 Å². The van der Waals surface area contributed by atoms with E-state index < -0.39 is 5.60 Å². The lowest BCUT2D eigenvalue weighted by molar-refractivity contribution is 0.000791. The molecule has 8 nitrogen and oxygen atoms in total. The summed E-state index contributed by atoms with van der Waals surface area (Å²) in [4.78, 5) is 30.4. The molecule has 34 heavy (non-hydrogen) atoms. The molecule has 0 aliphatic carbocycles. The van der Waals surface area contributed by atoms with E-state index in [0.717, 1.165) is 18.7 Å². The number of benzene rings is 1. The van der Waals surface area contributed by atoms with Gasteiger partial charge in [0.2, 0.25) is 0 Å². The fourth-order valence-electron chi connectivity index (χ4n) is 4.71. The van der Waals surface area contributed by atoms with Crippen LogP contribution in [0.5, 0.6) is 0 Å². The van der Waals surface area contributed by atoms with Crippen LogP contribution in [0.2, 0.25) is 0 Å². The van der Waals surface area contributed by atoms with E-state index in [-0.39, 0.29) is 24.0 Å². The Hall–Kier alpha value is -3.49. The van der Waals surface area contributed by atoms with E-state index in [1.165, 1.54) is 6.33 Å². The molecule has 3 saturated heterocycles. The molecule has 3 aliphatic rings. The molecule has 3 fully saturated rings. The van der Waals surface area contributed by atoms with Crippen molar-refractivity contribution < 1.29 is 13.9 Å². The number of piperidine rings is 2. The van der Waals surface area contributed by atoms with E-state index >= 15 is 0 Å². The summed E-state index contributed by atoms with van der Waals surface area (Å²) in [5.74, 6) is 0.934. The predicted molar refractivity (Wildman–Crippen MR) is 129 cm³/mol. The third-order valence-electron chi connectivity index (χ3n) is 6.36. The number of carbonyl (C=O) groups excluding carboxylic acids is 1. The molecule has 5 heterocycles. The highest BCUT2D eigenvalue weighted by atomic mass is 19.1. The first kappa shape index (κ1) is 22.3. The zero-order valence-electron chi connectivity index (χ0n) is 19.9. The van der Waals surface area contributed by atoms with E-state index in [1.807, 2.05) is 37.8 Å². The average molecular weight is 465 g/mol. The third-order valence-corrected chi connectivity index (χ3v) is 6.36. The maximum Gasteiger partial charge on any atom is 0.410 e. The van der Waals surface area contributed by atoms with E-state index in [0.29, 0.717) is 41.2 Å². The fraction of sp³-hybridized carbons (Fsp3) is 0.440. The number of carbonyl (C=O) groups is 1. The van der Waals surface area contributed by atoms with Gasteiger partial charge in [-0.15, -0.1) is 0 Å². The monoisotopic (exact) mass is 464 g/mol. The number of piperazine rings is 1. The molecule has 2 bridgehead atoms. The molecule has 3 aliphatic heterocycles. The Balaban J connectivity index is 1.42. The number of ether oxygens (including phenoxy) is 1. The molecule has 1 amide bonds. The Kier molecular flexibility index (Phi) is 5.50. The number of hydrogen-bond donors (Lipinski definition) is 1. The van der Waals surface area contributed by atoms with Gasteiger partial charge in [0.15, 0.2) is 5.82 Å². The van der Waals surface area contributed by atoms with Gasteiger partial charge >= 0.3 is 6.09 Å². The molecular formula is C25H29FN6O2. The number of aromatic nitrogens is 3. The first-order valence-electron chi connectivity index (χ1n) is 11.6. The Morgan fingerprint density at radius 3 is 2.65 bits per heavy atom. The van der Waals surface area contributed by atoms with Crippen molar-refractivity contribution in [1.82, 2.24) is 19.9 Å². The maximum absolute atomic E-state index is 14.6. The van der Waals surface area contributed by atoms with Gasteiger partial charge in [-0.05, 0) is 64.3 Å². The summed E-state index contributed by atoms with van der Waals surface area (Å²) in [5, 5.41) is 3.09. The van der Waals surface area contributed by atoms with E-state index in [2.05, 4.69) is 20.2 Å². The number of aryl methyl sites for hydroxylation is 1. The lowest BCUT2D eigenvalue weighted by atomic mass is 9.91. The quantitative estimate of drug-likeness (QED) is 0.596. The number of pyridine rings is 1. The molecule has 9 heteroatoms. The summed E-state index contributed by atoms with van der Waals surface area (Å²) in [6.45, 7) is 8.66. The summed E-state index contributed by atoms with van der Waals surface area (Å²) in [6.07, 6.45) is 3.11. The van der Waals surface area contributed by atoms with Crippen LogP contribution in [0.25, 0.3) is 11.0 Å². The van der Waals surface area contributed by atoms with Crippen LogP contribution < -0.4 is 10.2 Å². The Morgan fingerprint density at radius 1 is 1.12 bits per heavy atom. The second-order valence-electron chi connectivity index (χ2n) is 9.99. The molecule has 0 saturated carbocycles. The molecule has 2 aromatic heterocycles. The zero-order valence-corrected chi connectivity index (χ0v) is 19.9. The zero-order chi connectivity index (χ0) is 24.0. The van der Waals surface area contributed by atoms with Crippen LogP contribution in [-0.4, -0.2) is 56.7 Å². The fourth-order valence-corrected chi connectivity index (χ4v) is 4.71. The second-order valence-corrected chi connectivity index (χ2v) is 9.99. The summed E-state index contributed by atoms with van der Waals surface area (Å²) >= 11 is 0. The average Bonchev–Trinajstić information content (AvgIpc) is 2.81. The highest BCUT2D eigenvalue weighted by molar-refractivity contribution is 5.88. The van der Waals surface area contributed by atoms with Crippen molar-refractivity contribution in [3.8, 4) is 0 Å². The number of rotatable bonds is 3. The molecule has 0 radical (unpaired) electrons. The number of hydrogen-bond acceptors (Lipinski definition) is 7. The minimum Gasteiger partial charge on any atom is -0.444 e. The SMILES string of the molecule is Cc1cccc(Nc2ncnc3ccc(N4C[C@@H]5CCC4CN5C(=O)OC(C)(C)C)nc23)c1F. The summed E-state index contributed by atoms with van der Waals surface area (Å²) in [5.41, 5.74) is 1.62. The van der Waals surface area contributed by atoms with Crippen molar-refractivity contribution in [3.05, 3.63) is 48.0 Å². The first-order valence-corrected chi connectivity index (χ1v) is 11.6. The number of halogens is 1. The third kappa shape index (κ3) is 4.22. The van der Waals surface area contributed by atoms with Gasteiger partial charge in [0.05, 0.1) is 17.2 Å². The summed E-state index contributed by atoms with van der Waals surface area (Å²) in [7, 11) is 0. The van der Waals surface area contributed by atoms with Crippen LogP contribution in [0.4, 0.5) is 26.5 Å². The molecule has 1 unspecified atom stereocenters. The Bertz CT molecular complexity index is 1240. The van der Waals surface area contributed by atoms with Crippen LogP contribution in [0.1, 0.15) is 39.2 Å². The lowest BCUT2D eigenvalue weighted by Gasteiger charge is -2.51. The van der Waals surface area contributed by atoms with Crippen molar-refractivity contribution in [3.63, 3.8) is 0 Å². The van der Waals surface area contributed by atoms with Gasteiger partial charge in [-0.2, -0.15) is 0 Å². The van der Waals surface area contributed by atoms with Crippen LogP contribution >= 0.6 is 0 Å². The molecule has 6 rings (SSSR count). The van der Waals surface area contributed by atoms with Gasteiger partial charge in [0.25, 0.3) is 0 Å². The predicted octanol–water partition coefficient (Wildman–Crippen LogP) is 4.80. The van der Waals surface area contributed by atoms with E-state index in [1.54, 1.807) is 25.1 Å². The normalized spacial score (nSPS) is 20.0. The number of anilines is 3. The standard InChI is InChI=1S/C25H29FN6O2/c1-15-6-5-7-18(21(15)26)29-23-22-19(27-14-28-23)10-11-20(30-22)31-12-17-9-8-16(31)13-32(17)24(33)34-25(2,3)4/h5-7,10-11,14,16-17H,8-9,12-13H2,1-4H3,(H,27,28,29)/t16?,17-/m0/s1. The smallest absolute Gasteiger partial charge is 0.410 e. The highest BCUT2D eigenvalue weighted by Gasteiger charge is 2.43. The molecular weight excluding hydrogens is 435 g/mol. The summed E-state index contributed by atoms with van der Waals surface area (Å²) < 4.78 is 20.2. The van der Waals surface area contributed by atoms with E-state index in [9.17, 15) is 9.18 Å². The number of nitrogens with zero attached hydrogens (tertiary/aromatic N) is 5. The van der Waals surface area contributed by atoms with Crippen molar-refractivity contribution in [1.29, 1.82) is 0 Å². The van der Waals surface area contributed by atoms with E-state index in [4.69, 9.17) is 9.72 Å². The maximum atomic E-state index is 14.6. The Morgan fingerprint density at radius 2 is 1.91 bits per heavy atom. The van der Waals surface area contributed by atoms with Gasteiger partial charge in [0.1, 0.15) is 29.1 Å². The molecule has 178 valence electrons. The van der Waals surface area contributed by atoms with Crippen LogP contribution in [0.3, 0.4) is 0 Å². The number of fused-ring (bicyclic) bond motifs is 4. The van der Waals surface area contributed by atoms with Gasteiger partial charge in [-0.25, -0.2) is 24.1 Å². The van der Waals surface area contributed by atoms with Crippen molar-refractivity contribution >= 4 is 34.4 Å². The number of amides is 1.